The second kappa shape index (κ2) is 12.7. The maximum atomic E-state index is 13.2. The van der Waals surface area contributed by atoms with E-state index in [4.69, 9.17) is 11.6 Å². The standard InChI is InChI=1S/C24H31ClN2O2S/c1-4-18(3)26-24(29)22(5-2)27(17-19-9-7-6-8-10-19)23(28)15-16-30-21-13-11-20(25)12-14-21/h6-14,18,22H,4-5,15-17H2,1-3H3,(H,26,29)/t18-,22+/m1/s1. The quantitative estimate of drug-likeness (QED) is 0.460. The van der Waals surface area contributed by atoms with Gasteiger partial charge in [0, 0.05) is 34.7 Å². The summed E-state index contributed by atoms with van der Waals surface area (Å²) in [6, 6.07) is 17.0. The van der Waals surface area contributed by atoms with Crippen LogP contribution in [0.25, 0.3) is 0 Å². The minimum Gasteiger partial charge on any atom is -0.352 e. The van der Waals surface area contributed by atoms with E-state index in [1.165, 1.54) is 0 Å². The van der Waals surface area contributed by atoms with Gasteiger partial charge in [0.05, 0.1) is 0 Å². The number of amides is 2. The van der Waals surface area contributed by atoms with Crippen LogP contribution in [0.3, 0.4) is 0 Å². The van der Waals surface area contributed by atoms with Gasteiger partial charge in [0.25, 0.3) is 0 Å². The number of halogens is 1. The van der Waals surface area contributed by atoms with Crippen LogP contribution < -0.4 is 5.32 Å². The van der Waals surface area contributed by atoms with Crippen LogP contribution in [0.1, 0.15) is 45.6 Å². The van der Waals surface area contributed by atoms with Crippen LogP contribution in [0.5, 0.6) is 0 Å². The van der Waals surface area contributed by atoms with Gasteiger partial charge >= 0.3 is 0 Å². The molecule has 0 aliphatic rings. The number of benzene rings is 2. The lowest BCUT2D eigenvalue weighted by atomic mass is 10.1. The Morgan fingerprint density at radius 2 is 1.70 bits per heavy atom. The van der Waals surface area contributed by atoms with Gasteiger partial charge in [-0.15, -0.1) is 11.8 Å². The number of hydrogen-bond acceptors (Lipinski definition) is 3. The highest BCUT2D eigenvalue weighted by molar-refractivity contribution is 7.99. The topological polar surface area (TPSA) is 49.4 Å². The molecule has 6 heteroatoms. The molecular weight excluding hydrogens is 416 g/mol. The van der Waals surface area contributed by atoms with Crippen molar-refractivity contribution in [2.24, 2.45) is 0 Å². The van der Waals surface area contributed by atoms with Crippen LogP contribution in [0.2, 0.25) is 5.02 Å². The van der Waals surface area contributed by atoms with Crippen molar-refractivity contribution in [3.8, 4) is 0 Å². The molecule has 0 heterocycles. The molecule has 2 aromatic rings. The Hall–Kier alpha value is -1.98. The molecule has 0 aliphatic heterocycles. The van der Waals surface area contributed by atoms with E-state index in [0.29, 0.717) is 30.2 Å². The molecule has 0 radical (unpaired) electrons. The van der Waals surface area contributed by atoms with Gasteiger partial charge in [0.2, 0.25) is 11.8 Å². The van der Waals surface area contributed by atoms with Crippen LogP contribution in [-0.4, -0.2) is 34.6 Å². The largest absolute Gasteiger partial charge is 0.352 e. The number of hydrogen-bond donors (Lipinski definition) is 1. The van der Waals surface area contributed by atoms with E-state index in [0.717, 1.165) is 16.9 Å². The Morgan fingerprint density at radius 1 is 1.03 bits per heavy atom. The molecule has 0 aromatic heterocycles. The highest BCUT2D eigenvalue weighted by Gasteiger charge is 2.28. The van der Waals surface area contributed by atoms with Crippen LogP contribution in [0, 0.1) is 0 Å². The molecule has 0 aliphatic carbocycles. The summed E-state index contributed by atoms with van der Waals surface area (Å²) in [4.78, 5) is 28.9. The Morgan fingerprint density at radius 3 is 2.30 bits per heavy atom. The molecule has 0 unspecified atom stereocenters. The van der Waals surface area contributed by atoms with Crippen molar-refractivity contribution in [2.45, 2.75) is 63.6 Å². The van der Waals surface area contributed by atoms with Gasteiger partial charge in [-0.05, 0) is 49.6 Å². The van der Waals surface area contributed by atoms with Gasteiger partial charge in [-0.1, -0.05) is 55.8 Å². The molecular formula is C24H31ClN2O2S. The molecule has 2 atom stereocenters. The fourth-order valence-corrected chi connectivity index (χ4v) is 4.04. The number of nitrogens with one attached hydrogen (secondary N) is 1. The lowest BCUT2D eigenvalue weighted by Crippen LogP contribution is -2.50. The summed E-state index contributed by atoms with van der Waals surface area (Å²) in [5.74, 6) is 0.558. The molecule has 0 spiro atoms. The predicted octanol–water partition coefficient (Wildman–Crippen LogP) is 5.54. The molecule has 162 valence electrons. The smallest absolute Gasteiger partial charge is 0.243 e. The third-order valence-electron chi connectivity index (χ3n) is 4.98. The summed E-state index contributed by atoms with van der Waals surface area (Å²) in [6.07, 6.45) is 1.80. The van der Waals surface area contributed by atoms with E-state index in [-0.39, 0.29) is 17.9 Å². The van der Waals surface area contributed by atoms with Crippen LogP contribution in [0.4, 0.5) is 0 Å². The third-order valence-corrected chi connectivity index (χ3v) is 6.25. The lowest BCUT2D eigenvalue weighted by Gasteiger charge is -2.31. The zero-order valence-corrected chi connectivity index (χ0v) is 19.5. The molecule has 0 saturated heterocycles. The van der Waals surface area contributed by atoms with Gasteiger partial charge in [0.1, 0.15) is 6.04 Å². The van der Waals surface area contributed by atoms with Crippen molar-refractivity contribution in [1.29, 1.82) is 0 Å². The number of nitrogens with zero attached hydrogens (tertiary/aromatic N) is 1. The summed E-state index contributed by atoms with van der Waals surface area (Å²) < 4.78 is 0. The monoisotopic (exact) mass is 446 g/mol. The molecule has 1 N–H and O–H groups in total. The molecule has 2 amide bonds. The summed E-state index contributed by atoms with van der Waals surface area (Å²) in [7, 11) is 0. The zero-order valence-electron chi connectivity index (χ0n) is 17.9. The van der Waals surface area contributed by atoms with Crippen LogP contribution >= 0.6 is 23.4 Å². The number of carbonyl (C=O) groups is 2. The number of rotatable bonds is 11. The minimum absolute atomic E-state index is 0.00790. The summed E-state index contributed by atoms with van der Waals surface area (Å²) >= 11 is 7.55. The van der Waals surface area contributed by atoms with Crippen LogP contribution in [0.15, 0.2) is 59.5 Å². The Labute approximate surface area is 189 Å². The first-order chi connectivity index (χ1) is 14.4. The van der Waals surface area contributed by atoms with Gasteiger partial charge in [-0.3, -0.25) is 9.59 Å². The first-order valence-electron chi connectivity index (χ1n) is 10.5. The van der Waals surface area contributed by atoms with Gasteiger partial charge in [-0.25, -0.2) is 0 Å². The van der Waals surface area contributed by atoms with Crippen molar-refractivity contribution >= 4 is 35.2 Å². The van der Waals surface area contributed by atoms with Crippen molar-refractivity contribution in [2.75, 3.05) is 5.75 Å². The molecule has 0 bridgehead atoms. The SMILES string of the molecule is CC[C@@H](C)NC(=O)[C@H](CC)N(Cc1ccccc1)C(=O)CCSc1ccc(Cl)cc1. The first kappa shape index (κ1) is 24.3. The molecule has 4 nitrogen and oxygen atoms in total. The fraction of sp³-hybridized carbons (Fsp3) is 0.417. The van der Waals surface area contributed by atoms with Crippen molar-refractivity contribution in [1.82, 2.24) is 10.2 Å². The predicted molar refractivity (Wildman–Crippen MR) is 126 cm³/mol. The van der Waals surface area contributed by atoms with E-state index < -0.39 is 6.04 Å². The van der Waals surface area contributed by atoms with Crippen molar-refractivity contribution in [3.63, 3.8) is 0 Å². The average molecular weight is 447 g/mol. The number of carbonyl (C=O) groups excluding carboxylic acids is 2. The molecule has 2 aromatic carbocycles. The third kappa shape index (κ3) is 7.69. The fourth-order valence-electron chi connectivity index (χ4n) is 3.07. The lowest BCUT2D eigenvalue weighted by molar-refractivity contribution is -0.141. The van der Waals surface area contributed by atoms with Crippen LogP contribution in [-0.2, 0) is 16.1 Å². The minimum atomic E-state index is -0.479. The van der Waals surface area contributed by atoms with Crippen molar-refractivity contribution < 1.29 is 9.59 Å². The second-order valence-corrected chi connectivity index (χ2v) is 8.91. The Kier molecular flexibility index (Phi) is 10.2. The molecule has 2 rings (SSSR count). The Bertz CT molecular complexity index is 799. The van der Waals surface area contributed by atoms with Gasteiger partial charge in [-0.2, -0.15) is 0 Å². The maximum absolute atomic E-state index is 13.2. The highest BCUT2D eigenvalue weighted by Crippen LogP contribution is 2.22. The normalized spacial score (nSPS) is 12.8. The van der Waals surface area contributed by atoms with Gasteiger partial charge in [0.15, 0.2) is 0 Å². The summed E-state index contributed by atoms with van der Waals surface area (Å²) in [6.45, 7) is 6.40. The van der Waals surface area contributed by atoms with E-state index in [1.807, 2.05) is 75.4 Å². The molecule has 0 fully saturated rings. The zero-order chi connectivity index (χ0) is 21.9. The molecule has 0 saturated carbocycles. The van der Waals surface area contributed by atoms with E-state index in [2.05, 4.69) is 5.32 Å². The average Bonchev–Trinajstić information content (AvgIpc) is 2.75. The van der Waals surface area contributed by atoms with Gasteiger partial charge < -0.3 is 10.2 Å². The molecule has 30 heavy (non-hydrogen) atoms. The van der Waals surface area contributed by atoms with Crippen molar-refractivity contribution in [3.05, 3.63) is 65.2 Å². The van der Waals surface area contributed by atoms with E-state index in [1.54, 1.807) is 16.7 Å². The van der Waals surface area contributed by atoms with E-state index >= 15 is 0 Å². The highest BCUT2D eigenvalue weighted by atomic mass is 35.5. The Balaban J connectivity index is 2.09. The summed E-state index contributed by atoms with van der Waals surface area (Å²) in [5, 5.41) is 3.74. The first-order valence-corrected chi connectivity index (χ1v) is 11.8. The second-order valence-electron chi connectivity index (χ2n) is 7.30. The maximum Gasteiger partial charge on any atom is 0.243 e. The summed E-state index contributed by atoms with van der Waals surface area (Å²) in [5.41, 5.74) is 1.02. The van der Waals surface area contributed by atoms with E-state index in [9.17, 15) is 9.59 Å². The number of thioether (sulfide) groups is 1.